The van der Waals surface area contributed by atoms with Crippen LogP contribution in [0.4, 0.5) is 0 Å². The van der Waals surface area contributed by atoms with Crippen molar-refractivity contribution in [3.8, 4) is 0 Å². The molecule has 0 aliphatic heterocycles. The average Bonchev–Trinajstić information content (AvgIpc) is 2.26. The van der Waals surface area contributed by atoms with E-state index in [1.54, 1.807) is 26.0 Å². The Balaban J connectivity index is 4.42. The lowest BCUT2D eigenvalue weighted by Gasteiger charge is -2.30. The number of nitrogens with one attached hydrogen (secondary N) is 1. The van der Waals surface area contributed by atoms with Crippen molar-refractivity contribution in [2.75, 3.05) is 27.7 Å². The Morgan fingerprint density at radius 3 is 2.11 bits per heavy atom. The van der Waals surface area contributed by atoms with Gasteiger partial charge in [0.15, 0.2) is 0 Å². The molecule has 1 N–H and O–H groups in total. The summed E-state index contributed by atoms with van der Waals surface area (Å²) >= 11 is 0. The molecular formula is C13H27N3O2. The van der Waals surface area contributed by atoms with Gasteiger partial charge in [-0.3, -0.25) is 14.5 Å². The van der Waals surface area contributed by atoms with Crippen LogP contribution in [0.2, 0.25) is 0 Å². The monoisotopic (exact) mass is 257 g/mol. The topological polar surface area (TPSA) is 52.7 Å². The van der Waals surface area contributed by atoms with Crippen LogP contribution in [0.25, 0.3) is 0 Å². The van der Waals surface area contributed by atoms with Gasteiger partial charge in [-0.05, 0) is 34.2 Å². The average molecular weight is 257 g/mol. The predicted octanol–water partition coefficient (Wildman–Crippen LogP) is 0.700. The van der Waals surface area contributed by atoms with Gasteiger partial charge in [0.1, 0.15) is 0 Å². The minimum absolute atomic E-state index is 0.00750. The van der Waals surface area contributed by atoms with Crippen LogP contribution in [0.5, 0.6) is 0 Å². The highest BCUT2D eigenvalue weighted by Gasteiger charge is 2.25. The molecule has 0 aromatic carbocycles. The molecule has 1 atom stereocenters. The SMILES string of the molecule is CCC(C)(C)NC(=O)C(C)N(C)CC(=O)N(C)C. The molecule has 106 valence electrons. The van der Waals surface area contributed by atoms with Gasteiger partial charge < -0.3 is 10.2 Å². The van der Waals surface area contributed by atoms with Gasteiger partial charge in [-0.2, -0.15) is 0 Å². The Kier molecular flexibility index (Phi) is 6.32. The van der Waals surface area contributed by atoms with E-state index in [-0.39, 0.29) is 29.9 Å². The van der Waals surface area contributed by atoms with Gasteiger partial charge in [0.05, 0.1) is 12.6 Å². The zero-order chi connectivity index (χ0) is 14.5. The van der Waals surface area contributed by atoms with Gasteiger partial charge >= 0.3 is 0 Å². The summed E-state index contributed by atoms with van der Waals surface area (Å²) in [5, 5.41) is 2.98. The number of rotatable bonds is 6. The first-order valence-electron chi connectivity index (χ1n) is 6.33. The summed E-state index contributed by atoms with van der Waals surface area (Å²) in [6, 6.07) is -0.320. The largest absolute Gasteiger partial charge is 0.350 e. The summed E-state index contributed by atoms with van der Waals surface area (Å²) in [7, 11) is 5.20. The second-order valence-electron chi connectivity index (χ2n) is 5.61. The molecule has 0 aromatic rings. The highest BCUT2D eigenvalue weighted by molar-refractivity contribution is 5.83. The fourth-order valence-corrected chi connectivity index (χ4v) is 1.22. The molecule has 5 heteroatoms. The number of nitrogens with zero attached hydrogens (tertiary/aromatic N) is 2. The Hall–Kier alpha value is -1.10. The Morgan fingerprint density at radius 1 is 1.22 bits per heavy atom. The number of hydrogen-bond acceptors (Lipinski definition) is 3. The van der Waals surface area contributed by atoms with Crippen LogP contribution in [0.15, 0.2) is 0 Å². The van der Waals surface area contributed by atoms with Crippen LogP contribution in [0.3, 0.4) is 0 Å². The van der Waals surface area contributed by atoms with E-state index >= 15 is 0 Å². The molecule has 18 heavy (non-hydrogen) atoms. The number of likely N-dealkylation sites (N-methyl/N-ethyl adjacent to an activating group) is 2. The third kappa shape index (κ3) is 5.49. The molecule has 0 radical (unpaired) electrons. The van der Waals surface area contributed by atoms with E-state index in [0.717, 1.165) is 6.42 Å². The second kappa shape index (κ2) is 6.73. The summed E-state index contributed by atoms with van der Waals surface area (Å²) in [5.41, 5.74) is -0.211. The summed E-state index contributed by atoms with van der Waals surface area (Å²) in [5.74, 6) is -0.0530. The van der Waals surface area contributed by atoms with Gasteiger partial charge in [-0.1, -0.05) is 6.92 Å². The highest BCUT2D eigenvalue weighted by atomic mass is 16.2. The summed E-state index contributed by atoms with van der Waals surface area (Å²) in [6.07, 6.45) is 0.867. The number of carbonyl (C=O) groups excluding carboxylic acids is 2. The molecule has 0 rings (SSSR count). The van der Waals surface area contributed by atoms with E-state index in [4.69, 9.17) is 0 Å². The third-order valence-electron chi connectivity index (χ3n) is 3.27. The van der Waals surface area contributed by atoms with Crippen molar-refractivity contribution in [1.29, 1.82) is 0 Å². The molecule has 5 nitrogen and oxygen atoms in total. The van der Waals surface area contributed by atoms with Crippen molar-refractivity contribution >= 4 is 11.8 Å². The lowest BCUT2D eigenvalue weighted by atomic mass is 10.0. The van der Waals surface area contributed by atoms with E-state index < -0.39 is 0 Å². The minimum Gasteiger partial charge on any atom is -0.350 e. The van der Waals surface area contributed by atoms with Gasteiger partial charge in [0.2, 0.25) is 11.8 Å². The van der Waals surface area contributed by atoms with E-state index in [1.165, 1.54) is 4.90 Å². The van der Waals surface area contributed by atoms with E-state index in [1.807, 2.05) is 27.7 Å². The molecule has 0 aliphatic carbocycles. The molecule has 0 bridgehead atoms. The molecule has 0 heterocycles. The zero-order valence-electron chi connectivity index (χ0n) is 12.7. The van der Waals surface area contributed by atoms with E-state index in [9.17, 15) is 9.59 Å². The van der Waals surface area contributed by atoms with Crippen LogP contribution >= 0.6 is 0 Å². The maximum Gasteiger partial charge on any atom is 0.237 e. The fraction of sp³-hybridized carbons (Fsp3) is 0.846. The quantitative estimate of drug-likeness (QED) is 0.762. The summed E-state index contributed by atoms with van der Waals surface area (Å²) < 4.78 is 0. The minimum atomic E-state index is -0.320. The molecule has 0 fully saturated rings. The predicted molar refractivity (Wildman–Crippen MR) is 73.3 cm³/mol. The second-order valence-corrected chi connectivity index (χ2v) is 5.61. The fourth-order valence-electron chi connectivity index (χ4n) is 1.22. The molecule has 0 aliphatic rings. The van der Waals surface area contributed by atoms with Crippen LogP contribution in [0.1, 0.15) is 34.1 Å². The Bertz CT molecular complexity index is 301. The van der Waals surface area contributed by atoms with E-state index in [2.05, 4.69) is 5.32 Å². The maximum absolute atomic E-state index is 12.0. The van der Waals surface area contributed by atoms with Crippen molar-refractivity contribution in [2.45, 2.75) is 45.7 Å². The van der Waals surface area contributed by atoms with Crippen LogP contribution in [0, 0.1) is 0 Å². The van der Waals surface area contributed by atoms with Crippen LogP contribution < -0.4 is 5.32 Å². The number of carbonyl (C=O) groups is 2. The van der Waals surface area contributed by atoms with Crippen molar-refractivity contribution in [1.82, 2.24) is 15.1 Å². The summed E-state index contributed by atoms with van der Waals surface area (Å²) in [6.45, 7) is 8.06. The smallest absolute Gasteiger partial charge is 0.237 e. The first-order chi connectivity index (χ1) is 8.10. The third-order valence-corrected chi connectivity index (χ3v) is 3.27. The van der Waals surface area contributed by atoms with Crippen molar-refractivity contribution in [2.24, 2.45) is 0 Å². The molecule has 0 saturated carbocycles. The summed E-state index contributed by atoms with van der Waals surface area (Å²) in [4.78, 5) is 26.9. The van der Waals surface area contributed by atoms with E-state index in [0.29, 0.717) is 0 Å². The van der Waals surface area contributed by atoms with Crippen molar-refractivity contribution in [3.63, 3.8) is 0 Å². The number of amides is 2. The molecule has 0 aromatic heterocycles. The molecule has 1 unspecified atom stereocenters. The molecule has 0 saturated heterocycles. The van der Waals surface area contributed by atoms with Gasteiger partial charge in [-0.25, -0.2) is 0 Å². The normalized spacial score (nSPS) is 13.3. The zero-order valence-corrected chi connectivity index (χ0v) is 12.7. The van der Waals surface area contributed by atoms with Gasteiger partial charge in [0, 0.05) is 19.6 Å². The van der Waals surface area contributed by atoms with Crippen molar-refractivity contribution in [3.05, 3.63) is 0 Å². The molecule has 0 spiro atoms. The molecule has 2 amide bonds. The first kappa shape index (κ1) is 16.9. The van der Waals surface area contributed by atoms with Crippen LogP contribution in [-0.2, 0) is 9.59 Å². The lowest BCUT2D eigenvalue weighted by Crippen LogP contribution is -2.52. The Morgan fingerprint density at radius 2 is 1.72 bits per heavy atom. The van der Waals surface area contributed by atoms with Crippen LogP contribution in [-0.4, -0.2) is 60.9 Å². The Labute approximate surface area is 111 Å². The molecular weight excluding hydrogens is 230 g/mol. The van der Waals surface area contributed by atoms with Crippen molar-refractivity contribution < 1.29 is 9.59 Å². The standard InChI is InChI=1S/C13H27N3O2/c1-8-13(3,4)14-12(18)10(2)16(7)9-11(17)15(5)6/h10H,8-9H2,1-7H3,(H,14,18). The first-order valence-corrected chi connectivity index (χ1v) is 6.33. The van der Waals surface area contributed by atoms with Gasteiger partial charge in [-0.15, -0.1) is 0 Å². The lowest BCUT2D eigenvalue weighted by molar-refractivity contribution is -0.132. The maximum atomic E-state index is 12.0. The highest BCUT2D eigenvalue weighted by Crippen LogP contribution is 2.08. The number of hydrogen-bond donors (Lipinski definition) is 1. The van der Waals surface area contributed by atoms with Gasteiger partial charge in [0.25, 0.3) is 0 Å².